The van der Waals surface area contributed by atoms with Gasteiger partial charge in [-0.1, -0.05) is 0 Å². The van der Waals surface area contributed by atoms with Gasteiger partial charge in [-0.15, -0.1) is 0 Å². The number of urea groups is 1. The van der Waals surface area contributed by atoms with Crippen molar-refractivity contribution in [2.75, 3.05) is 37.5 Å². The number of benzene rings is 2. The molecule has 1 heterocycles. The Labute approximate surface area is 194 Å². The maximum absolute atomic E-state index is 13.4. The minimum absolute atomic E-state index is 0.0146. The molecule has 1 atom stereocenters. The van der Waals surface area contributed by atoms with Crippen LogP contribution in [0, 0.1) is 5.82 Å². The molecule has 7 nitrogen and oxygen atoms in total. The van der Waals surface area contributed by atoms with E-state index in [2.05, 4.69) is 10.6 Å². The molecule has 2 aromatic rings. The van der Waals surface area contributed by atoms with Gasteiger partial charge in [0, 0.05) is 56.8 Å². The molecule has 0 spiro atoms. The predicted octanol–water partition coefficient (Wildman–Crippen LogP) is 4.24. The van der Waals surface area contributed by atoms with Gasteiger partial charge in [-0.05, 0) is 74.7 Å². The van der Waals surface area contributed by atoms with Crippen LogP contribution in [0.5, 0.6) is 0 Å². The van der Waals surface area contributed by atoms with Crippen LogP contribution in [0.3, 0.4) is 0 Å². The van der Waals surface area contributed by atoms with Gasteiger partial charge in [-0.3, -0.25) is 4.79 Å². The largest absolute Gasteiger partial charge is 0.377 e. The highest BCUT2D eigenvalue weighted by atomic mass is 19.1. The van der Waals surface area contributed by atoms with Gasteiger partial charge in [0.1, 0.15) is 5.82 Å². The molecule has 1 unspecified atom stereocenters. The fourth-order valence-electron chi connectivity index (χ4n) is 3.89. The minimum Gasteiger partial charge on any atom is -0.377 e. The lowest BCUT2D eigenvalue weighted by Gasteiger charge is -2.28. The lowest BCUT2D eigenvalue weighted by Crippen LogP contribution is -2.37. The molecule has 0 saturated carbocycles. The van der Waals surface area contributed by atoms with Crippen molar-refractivity contribution in [1.29, 1.82) is 0 Å². The number of anilines is 2. The Balaban J connectivity index is 1.88. The maximum Gasteiger partial charge on any atom is 0.319 e. The fraction of sp³-hybridized carbons (Fsp3) is 0.440. The lowest BCUT2D eigenvalue weighted by atomic mass is 10.1. The summed E-state index contributed by atoms with van der Waals surface area (Å²) in [5.74, 6) is -0.573. The summed E-state index contributed by atoms with van der Waals surface area (Å²) in [4.78, 5) is 29.3. The van der Waals surface area contributed by atoms with E-state index in [0.29, 0.717) is 30.9 Å². The van der Waals surface area contributed by atoms with Crippen molar-refractivity contribution in [2.24, 2.45) is 0 Å². The van der Waals surface area contributed by atoms with E-state index in [0.717, 1.165) is 24.1 Å². The number of halogens is 1. The average Bonchev–Trinajstić information content (AvgIpc) is 3.26. The molecule has 2 N–H and O–H groups in total. The summed E-state index contributed by atoms with van der Waals surface area (Å²) >= 11 is 0. The topological polar surface area (TPSA) is 73.9 Å². The van der Waals surface area contributed by atoms with E-state index in [1.807, 2.05) is 51.0 Å². The third-order valence-corrected chi connectivity index (χ3v) is 5.43. The number of nitrogens with zero attached hydrogens (tertiary/aromatic N) is 2. The van der Waals surface area contributed by atoms with E-state index in [-0.39, 0.29) is 29.9 Å². The molecule has 1 aliphatic heterocycles. The van der Waals surface area contributed by atoms with Crippen molar-refractivity contribution in [3.63, 3.8) is 0 Å². The molecule has 1 fully saturated rings. The lowest BCUT2D eigenvalue weighted by molar-refractivity contribution is 0.0507. The van der Waals surface area contributed by atoms with Crippen molar-refractivity contribution in [2.45, 2.75) is 45.4 Å². The second-order valence-corrected chi connectivity index (χ2v) is 8.82. The zero-order valence-electron chi connectivity index (χ0n) is 19.7. The van der Waals surface area contributed by atoms with Gasteiger partial charge in [0.25, 0.3) is 5.91 Å². The standard InChI is InChI=1S/C25H33FN4O3/c1-17(2)27-25(32)28-21-11-12-23(29(3)4)19(14-21)15-30(16-22-6-5-13-33-22)24(31)18-7-9-20(26)10-8-18/h7-12,14,17,22H,5-6,13,15-16H2,1-4H3,(H2,27,28,32). The second kappa shape index (κ2) is 11.1. The molecule has 8 heteroatoms. The molecule has 1 saturated heterocycles. The Bertz CT molecular complexity index is 957. The molecule has 0 radical (unpaired) electrons. The molecule has 0 aliphatic carbocycles. The molecule has 1 aliphatic rings. The summed E-state index contributed by atoms with van der Waals surface area (Å²) in [5.41, 5.74) is 2.89. The summed E-state index contributed by atoms with van der Waals surface area (Å²) in [5, 5.41) is 5.66. The highest BCUT2D eigenvalue weighted by Crippen LogP contribution is 2.26. The van der Waals surface area contributed by atoms with Crippen LogP contribution >= 0.6 is 0 Å². The first kappa shape index (κ1) is 24.5. The van der Waals surface area contributed by atoms with Gasteiger partial charge in [0.05, 0.1) is 6.10 Å². The Morgan fingerprint density at radius 1 is 1.15 bits per heavy atom. The molecule has 0 aromatic heterocycles. The second-order valence-electron chi connectivity index (χ2n) is 8.82. The van der Waals surface area contributed by atoms with Gasteiger partial charge in [0.2, 0.25) is 0 Å². The molecule has 3 rings (SSSR count). The number of carbonyl (C=O) groups excluding carboxylic acids is 2. The first-order valence-electron chi connectivity index (χ1n) is 11.3. The number of amides is 3. The van der Waals surface area contributed by atoms with E-state index in [4.69, 9.17) is 4.74 Å². The van der Waals surface area contributed by atoms with Gasteiger partial charge in [-0.25, -0.2) is 9.18 Å². The number of nitrogens with one attached hydrogen (secondary N) is 2. The first-order chi connectivity index (χ1) is 15.7. The van der Waals surface area contributed by atoms with Crippen LogP contribution in [0.2, 0.25) is 0 Å². The van der Waals surface area contributed by atoms with Crippen molar-refractivity contribution in [3.8, 4) is 0 Å². The molecule has 3 amide bonds. The fourth-order valence-corrected chi connectivity index (χ4v) is 3.89. The summed E-state index contributed by atoms with van der Waals surface area (Å²) in [6.07, 6.45) is 1.83. The smallest absolute Gasteiger partial charge is 0.319 e. The highest BCUT2D eigenvalue weighted by Gasteiger charge is 2.25. The number of carbonyl (C=O) groups is 2. The summed E-state index contributed by atoms with van der Waals surface area (Å²) in [6, 6.07) is 11.0. The SMILES string of the molecule is CC(C)NC(=O)Nc1ccc(N(C)C)c(CN(CC2CCCO2)C(=O)c2ccc(F)cc2)c1. The van der Waals surface area contributed by atoms with E-state index >= 15 is 0 Å². The monoisotopic (exact) mass is 456 g/mol. The third-order valence-electron chi connectivity index (χ3n) is 5.43. The quantitative estimate of drug-likeness (QED) is 0.623. The Kier molecular flexibility index (Phi) is 8.27. The molecular weight excluding hydrogens is 423 g/mol. The van der Waals surface area contributed by atoms with Crippen LogP contribution < -0.4 is 15.5 Å². The Morgan fingerprint density at radius 3 is 2.48 bits per heavy atom. The number of hydrogen-bond donors (Lipinski definition) is 2. The van der Waals surface area contributed by atoms with Crippen LogP contribution in [0.1, 0.15) is 42.6 Å². The number of ether oxygens (including phenoxy) is 1. The molecule has 33 heavy (non-hydrogen) atoms. The van der Waals surface area contributed by atoms with Crippen LogP contribution in [-0.2, 0) is 11.3 Å². The molecule has 178 valence electrons. The zero-order chi connectivity index (χ0) is 24.0. The normalized spacial score (nSPS) is 15.4. The zero-order valence-corrected chi connectivity index (χ0v) is 19.7. The highest BCUT2D eigenvalue weighted by molar-refractivity contribution is 5.94. The van der Waals surface area contributed by atoms with Crippen molar-refractivity contribution in [1.82, 2.24) is 10.2 Å². The van der Waals surface area contributed by atoms with Crippen LogP contribution in [-0.4, -0.2) is 56.2 Å². The van der Waals surface area contributed by atoms with Crippen LogP contribution in [0.4, 0.5) is 20.6 Å². The molecule has 0 bridgehead atoms. The van der Waals surface area contributed by atoms with Gasteiger partial charge in [-0.2, -0.15) is 0 Å². The van der Waals surface area contributed by atoms with E-state index in [1.54, 1.807) is 4.90 Å². The van der Waals surface area contributed by atoms with E-state index < -0.39 is 0 Å². The Hall–Kier alpha value is -3.13. The van der Waals surface area contributed by atoms with Gasteiger partial charge < -0.3 is 25.2 Å². The Morgan fingerprint density at radius 2 is 1.88 bits per heavy atom. The number of hydrogen-bond acceptors (Lipinski definition) is 4. The van der Waals surface area contributed by atoms with Gasteiger partial charge >= 0.3 is 6.03 Å². The van der Waals surface area contributed by atoms with Crippen LogP contribution in [0.15, 0.2) is 42.5 Å². The van der Waals surface area contributed by atoms with Gasteiger partial charge in [0.15, 0.2) is 0 Å². The van der Waals surface area contributed by atoms with Crippen molar-refractivity contribution in [3.05, 3.63) is 59.4 Å². The molecular formula is C25H33FN4O3. The summed E-state index contributed by atoms with van der Waals surface area (Å²) < 4.78 is 19.2. The van der Waals surface area contributed by atoms with Crippen LogP contribution in [0.25, 0.3) is 0 Å². The third kappa shape index (κ3) is 6.92. The van der Waals surface area contributed by atoms with Crippen molar-refractivity contribution >= 4 is 23.3 Å². The molecule has 2 aromatic carbocycles. The average molecular weight is 457 g/mol. The number of rotatable bonds is 8. The summed E-state index contributed by atoms with van der Waals surface area (Å²) in [6.45, 7) is 5.24. The van der Waals surface area contributed by atoms with E-state index in [9.17, 15) is 14.0 Å². The van der Waals surface area contributed by atoms with Crippen molar-refractivity contribution < 1.29 is 18.7 Å². The first-order valence-corrected chi connectivity index (χ1v) is 11.3. The maximum atomic E-state index is 13.4. The van der Waals surface area contributed by atoms with E-state index in [1.165, 1.54) is 24.3 Å². The predicted molar refractivity (Wildman–Crippen MR) is 128 cm³/mol. The minimum atomic E-state index is -0.384. The summed E-state index contributed by atoms with van der Waals surface area (Å²) in [7, 11) is 3.87.